The van der Waals surface area contributed by atoms with E-state index < -0.39 is 0 Å². The fraction of sp³-hybridized carbons (Fsp3) is 0.400. The molecule has 1 amide bonds. The van der Waals surface area contributed by atoms with E-state index in [4.69, 9.17) is 14.0 Å². The third-order valence-corrected chi connectivity index (χ3v) is 3.60. The molecule has 0 fully saturated rings. The topological polar surface area (TPSA) is 64.8 Å². The highest BCUT2D eigenvalue weighted by molar-refractivity contribution is 5.91. The molecule has 2 rings (SSSR count). The Balaban J connectivity index is 2.03. The van der Waals surface area contributed by atoms with Gasteiger partial charge in [0, 0.05) is 19.2 Å². The van der Waals surface area contributed by atoms with Gasteiger partial charge in [-0.25, -0.2) is 0 Å². The van der Waals surface area contributed by atoms with Crippen molar-refractivity contribution in [1.82, 2.24) is 10.1 Å². The highest BCUT2D eigenvalue weighted by atomic mass is 16.5. The molecule has 0 unspecified atom stereocenters. The molecule has 0 saturated carbocycles. The predicted octanol–water partition coefficient (Wildman–Crippen LogP) is 3.84. The summed E-state index contributed by atoms with van der Waals surface area (Å²) in [6, 6.07) is 7.46. The summed E-state index contributed by atoms with van der Waals surface area (Å²) in [5.74, 6) is 2.01. The number of rotatable bonds is 9. The van der Waals surface area contributed by atoms with Gasteiger partial charge in [0.15, 0.2) is 11.5 Å². The van der Waals surface area contributed by atoms with Gasteiger partial charge in [0.2, 0.25) is 5.91 Å². The number of carbonyl (C=O) groups is 1. The van der Waals surface area contributed by atoms with Crippen LogP contribution in [0, 0.1) is 6.92 Å². The van der Waals surface area contributed by atoms with E-state index in [-0.39, 0.29) is 5.91 Å². The van der Waals surface area contributed by atoms with Crippen molar-refractivity contribution in [1.29, 1.82) is 0 Å². The molecule has 6 nitrogen and oxygen atoms in total. The van der Waals surface area contributed by atoms with E-state index >= 15 is 0 Å². The van der Waals surface area contributed by atoms with Crippen LogP contribution in [0.1, 0.15) is 37.3 Å². The molecule has 1 aromatic heterocycles. The lowest BCUT2D eigenvalue weighted by atomic mass is 10.2. The van der Waals surface area contributed by atoms with Gasteiger partial charge < -0.3 is 18.9 Å². The molecule has 6 heteroatoms. The van der Waals surface area contributed by atoms with Crippen LogP contribution in [0.3, 0.4) is 0 Å². The van der Waals surface area contributed by atoms with Crippen LogP contribution in [0.2, 0.25) is 0 Å². The first-order valence-electron chi connectivity index (χ1n) is 8.78. The fourth-order valence-corrected chi connectivity index (χ4v) is 2.34. The highest BCUT2D eigenvalue weighted by Crippen LogP contribution is 2.29. The van der Waals surface area contributed by atoms with Crippen molar-refractivity contribution >= 4 is 12.0 Å². The van der Waals surface area contributed by atoms with Crippen LogP contribution < -0.4 is 9.47 Å². The zero-order valence-electron chi connectivity index (χ0n) is 15.8. The number of benzene rings is 1. The van der Waals surface area contributed by atoms with E-state index in [1.54, 1.807) is 18.0 Å². The summed E-state index contributed by atoms with van der Waals surface area (Å²) in [7, 11) is 1.73. The SMILES string of the molecule is CCCOc1ccc(/C=C/C(=O)N(C)Cc2cc(C)on2)cc1OCC. The number of hydrogen-bond donors (Lipinski definition) is 0. The van der Waals surface area contributed by atoms with Gasteiger partial charge in [-0.2, -0.15) is 0 Å². The molecule has 0 spiro atoms. The number of amides is 1. The zero-order valence-corrected chi connectivity index (χ0v) is 15.8. The van der Waals surface area contributed by atoms with Gasteiger partial charge in [0.25, 0.3) is 0 Å². The second-order valence-electron chi connectivity index (χ2n) is 5.94. The fourth-order valence-electron chi connectivity index (χ4n) is 2.34. The first kappa shape index (κ1) is 19.6. The molecule has 0 aliphatic heterocycles. The van der Waals surface area contributed by atoms with Gasteiger partial charge in [0.1, 0.15) is 11.5 Å². The number of ether oxygens (including phenoxy) is 2. The molecule has 0 aliphatic rings. The van der Waals surface area contributed by atoms with Crippen molar-refractivity contribution in [3.63, 3.8) is 0 Å². The summed E-state index contributed by atoms with van der Waals surface area (Å²) >= 11 is 0. The highest BCUT2D eigenvalue weighted by Gasteiger charge is 2.10. The van der Waals surface area contributed by atoms with Crippen LogP contribution in [-0.2, 0) is 11.3 Å². The largest absolute Gasteiger partial charge is 0.490 e. The number of carbonyl (C=O) groups excluding carboxylic acids is 1. The Morgan fingerprint density at radius 2 is 2.04 bits per heavy atom. The molecule has 0 aliphatic carbocycles. The van der Waals surface area contributed by atoms with Crippen molar-refractivity contribution in [2.24, 2.45) is 0 Å². The summed E-state index contributed by atoms with van der Waals surface area (Å²) in [4.78, 5) is 13.9. The van der Waals surface area contributed by atoms with E-state index in [0.717, 1.165) is 29.2 Å². The summed E-state index contributed by atoms with van der Waals surface area (Å²) in [6.45, 7) is 7.39. The molecule has 2 aromatic rings. The maximum atomic E-state index is 12.3. The Bertz CT molecular complexity index is 752. The van der Waals surface area contributed by atoms with Gasteiger partial charge in [0.05, 0.1) is 19.8 Å². The maximum Gasteiger partial charge on any atom is 0.246 e. The first-order chi connectivity index (χ1) is 12.5. The van der Waals surface area contributed by atoms with Gasteiger partial charge in [-0.15, -0.1) is 0 Å². The average Bonchev–Trinajstić information content (AvgIpc) is 3.03. The zero-order chi connectivity index (χ0) is 18.9. The van der Waals surface area contributed by atoms with Crippen molar-refractivity contribution in [2.45, 2.75) is 33.7 Å². The summed E-state index contributed by atoms with van der Waals surface area (Å²) in [5, 5.41) is 3.90. The van der Waals surface area contributed by atoms with E-state index in [0.29, 0.717) is 25.5 Å². The van der Waals surface area contributed by atoms with Crippen LogP contribution in [0.4, 0.5) is 0 Å². The average molecular weight is 358 g/mol. The van der Waals surface area contributed by atoms with Crippen LogP contribution in [0.25, 0.3) is 6.08 Å². The Kier molecular flexibility index (Phi) is 7.26. The van der Waals surface area contributed by atoms with Crippen LogP contribution >= 0.6 is 0 Å². The molecule has 26 heavy (non-hydrogen) atoms. The van der Waals surface area contributed by atoms with E-state index in [1.807, 2.05) is 38.1 Å². The molecule has 1 aromatic carbocycles. The van der Waals surface area contributed by atoms with Crippen LogP contribution in [0.15, 0.2) is 34.9 Å². The number of hydrogen-bond acceptors (Lipinski definition) is 5. The normalized spacial score (nSPS) is 10.9. The molecule has 0 saturated heterocycles. The standard InChI is InChI=1S/C20H26N2O4/c1-5-11-25-18-9-7-16(13-19(18)24-6-2)8-10-20(23)22(4)14-17-12-15(3)26-21-17/h7-10,12-13H,5-6,11,14H2,1-4H3/b10-8+. The van der Waals surface area contributed by atoms with E-state index in [1.165, 1.54) is 6.08 Å². The lowest BCUT2D eigenvalue weighted by Gasteiger charge is -2.13. The Labute approximate surface area is 154 Å². The molecular formula is C20H26N2O4. The lowest BCUT2D eigenvalue weighted by Crippen LogP contribution is -2.24. The lowest BCUT2D eigenvalue weighted by molar-refractivity contribution is -0.125. The second kappa shape index (κ2) is 9.65. The quantitative estimate of drug-likeness (QED) is 0.637. The molecule has 0 bridgehead atoms. The smallest absolute Gasteiger partial charge is 0.246 e. The monoisotopic (exact) mass is 358 g/mol. The van der Waals surface area contributed by atoms with Gasteiger partial charge in [-0.3, -0.25) is 4.79 Å². The van der Waals surface area contributed by atoms with E-state index in [2.05, 4.69) is 12.1 Å². The minimum absolute atomic E-state index is 0.116. The Morgan fingerprint density at radius 3 is 2.69 bits per heavy atom. The van der Waals surface area contributed by atoms with Crippen molar-refractivity contribution < 1.29 is 18.8 Å². The van der Waals surface area contributed by atoms with Gasteiger partial charge >= 0.3 is 0 Å². The van der Waals surface area contributed by atoms with Crippen LogP contribution in [0.5, 0.6) is 11.5 Å². The number of likely N-dealkylation sites (N-methyl/N-ethyl adjacent to an activating group) is 1. The van der Waals surface area contributed by atoms with E-state index in [9.17, 15) is 4.79 Å². The number of aromatic nitrogens is 1. The van der Waals surface area contributed by atoms with Gasteiger partial charge in [-0.1, -0.05) is 18.1 Å². The Hall–Kier alpha value is -2.76. The Morgan fingerprint density at radius 1 is 1.23 bits per heavy atom. The molecule has 0 N–H and O–H groups in total. The second-order valence-corrected chi connectivity index (χ2v) is 5.94. The maximum absolute atomic E-state index is 12.3. The number of aryl methyl sites for hydroxylation is 1. The van der Waals surface area contributed by atoms with Crippen LogP contribution in [-0.4, -0.2) is 36.2 Å². The summed E-state index contributed by atoms with van der Waals surface area (Å²) in [6.07, 6.45) is 4.22. The van der Waals surface area contributed by atoms with Crippen molar-refractivity contribution in [2.75, 3.05) is 20.3 Å². The minimum Gasteiger partial charge on any atom is -0.490 e. The molecule has 0 atom stereocenters. The first-order valence-corrected chi connectivity index (χ1v) is 8.78. The molecule has 1 heterocycles. The van der Waals surface area contributed by atoms with Crippen molar-refractivity contribution in [3.05, 3.63) is 47.4 Å². The summed E-state index contributed by atoms with van der Waals surface area (Å²) in [5.41, 5.74) is 1.60. The minimum atomic E-state index is -0.116. The third kappa shape index (κ3) is 5.65. The van der Waals surface area contributed by atoms with Crippen molar-refractivity contribution in [3.8, 4) is 11.5 Å². The number of nitrogens with zero attached hydrogens (tertiary/aromatic N) is 2. The molecule has 0 radical (unpaired) electrons. The predicted molar refractivity (Wildman–Crippen MR) is 100 cm³/mol. The molecule has 140 valence electrons. The summed E-state index contributed by atoms with van der Waals surface area (Å²) < 4.78 is 16.3. The third-order valence-electron chi connectivity index (χ3n) is 3.60. The van der Waals surface area contributed by atoms with Gasteiger partial charge in [-0.05, 0) is 44.0 Å². The molecular weight excluding hydrogens is 332 g/mol.